The lowest BCUT2D eigenvalue weighted by Crippen LogP contribution is -2.36. The summed E-state index contributed by atoms with van der Waals surface area (Å²) in [5, 5.41) is 9.91. The topological polar surface area (TPSA) is 49.8 Å². The Balaban J connectivity index is 2.19. The lowest BCUT2D eigenvalue weighted by Gasteiger charge is -2.33. The van der Waals surface area contributed by atoms with Crippen LogP contribution in [0.3, 0.4) is 0 Å². The number of benzene rings is 1. The van der Waals surface area contributed by atoms with E-state index in [1.807, 2.05) is 0 Å². The minimum Gasteiger partial charge on any atom is -0.495 e. The molecule has 0 aliphatic carbocycles. The number of hydrogen-bond acceptors (Lipinski definition) is 3. The fourth-order valence-electron chi connectivity index (χ4n) is 2.30. The highest BCUT2D eigenvalue weighted by Crippen LogP contribution is 2.38. The molecule has 1 aliphatic heterocycles. The number of halogens is 2. The molecule has 1 aromatic carbocycles. The van der Waals surface area contributed by atoms with Gasteiger partial charge in [0.15, 0.2) is 0 Å². The molecule has 0 spiro atoms. The van der Waals surface area contributed by atoms with Gasteiger partial charge in [0.05, 0.1) is 28.8 Å². The Labute approximate surface area is 121 Å². The molecule has 1 aromatic rings. The molecule has 1 saturated heterocycles. The van der Waals surface area contributed by atoms with Crippen LogP contribution in [0.15, 0.2) is 12.1 Å². The third kappa shape index (κ3) is 3.07. The number of carbonyl (C=O) groups is 1. The van der Waals surface area contributed by atoms with Crippen LogP contribution in [0.5, 0.6) is 5.75 Å². The number of nitrogens with zero attached hydrogens (tertiary/aromatic N) is 1. The number of carboxylic acids is 1. The molecule has 4 nitrogen and oxygen atoms in total. The Hall–Kier alpha value is -1.13. The Morgan fingerprint density at radius 3 is 2.42 bits per heavy atom. The third-order valence-electron chi connectivity index (χ3n) is 3.41. The summed E-state index contributed by atoms with van der Waals surface area (Å²) in [4.78, 5) is 13.0. The summed E-state index contributed by atoms with van der Waals surface area (Å²) in [6.07, 6.45) is 1.25. The Bertz CT molecular complexity index is 485. The van der Waals surface area contributed by atoms with E-state index < -0.39 is 5.97 Å². The molecular weight excluding hydrogens is 289 g/mol. The zero-order chi connectivity index (χ0) is 14.0. The van der Waals surface area contributed by atoms with Gasteiger partial charge in [0.1, 0.15) is 5.75 Å². The van der Waals surface area contributed by atoms with Gasteiger partial charge in [0.2, 0.25) is 0 Å². The largest absolute Gasteiger partial charge is 0.495 e. The molecule has 6 heteroatoms. The van der Waals surface area contributed by atoms with Crippen molar-refractivity contribution in [3.8, 4) is 5.75 Å². The Kier molecular flexibility index (Phi) is 4.42. The minimum absolute atomic E-state index is 0.259. The van der Waals surface area contributed by atoms with Crippen molar-refractivity contribution >= 4 is 34.9 Å². The van der Waals surface area contributed by atoms with E-state index in [1.165, 1.54) is 0 Å². The minimum atomic E-state index is -0.722. The van der Waals surface area contributed by atoms with Crippen LogP contribution in [-0.4, -0.2) is 31.3 Å². The van der Waals surface area contributed by atoms with Crippen LogP contribution < -0.4 is 9.64 Å². The molecule has 19 heavy (non-hydrogen) atoms. The molecule has 104 valence electrons. The molecular formula is C13H15Cl2NO3. The number of piperidine rings is 1. The molecule has 0 bridgehead atoms. The van der Waals surface area contributed by atoms with Gasteiger partial charge >= 0.3 is 5.97 Å². The lowest BCUT2D eigenvalue weighted by atomic mass is 9.96. The van der Waals surface area contributed by atoms with Crippen molar-refractivity contribution in [3.05, 3.63) is 22.2 Å². The maximum atomic E-state index is 10.9. The van der Waals surface area contributed by atoms with Gasteiger partial charge < -0.3 is 14.7 Å². The average molecular weight is 304 g/mol. The third-order valence-corrected chi connectivity index (χ3v) is 4.13. The van der Waals surface area contributed by atoms with Gasteiger partial charge in [-0.1, -0.05) is 23.2 Å². The van der Waals surface area contributed by atoms with Crippen molar-refractivity contribution in [1.82, 2.24) is 0 Å². The molecule has 1 N–H and O–H groups in total. The fourth-order valence-corrected chi connectivity index (χ4v) is 2.61. The van der Waals surface area contributed by atoms with Crippen molar-refractivity contribution < 1.29 is 14.6 Å². The van der Waals surface area contributed by atoms with E-state index in [0.29, 0.717) is 41.7 Å². The number of ether oxygens (including phenoxy) is 1. The smallest absolute Gasteiger partial charge is 0.306 e. The van der Waals surface area contributed by atoms with Crippen molar-refractivity contribution in [2.45, 2.75) is 12.8 Å². The number of carboxylic acid groups (broad SMARTS) is 1. The lowest BCUT2D eigenvalue weighted by molar-refractivity contribution is -0.142. The summed E-state index contributed by atoms with van der Waals surface area (Å²) in [7, 11) is 1.58. The van der Waals surface area contributed by atoms with Crippen LogP contribution in [0.25, 0.3) is 0 Å². The number of rotatable bonds is 3. The number of hydrogen-bond donors (Lipinski definition) is 1. The Morgan fingerprint density at radius 2 is 1.89 bits per heavy atom. The second kappa shape index (κ2) is 5.88. The van der Waals surface area contributed by atoms with E-state index in [2.05, 4.69) is 4.90 Å². The molecule has 1 aliphatic rings. The second-order valence-corrected chi connectivity index (χ2v) is 5.35. The first-order chi connectivity index (χ1) is 9.02. The van der Waals surface area contributed by atoms with Crippen molar-refractivity contribution in [3.63, 3.8) is 0 Å². The van der Waals surface area contributed by atoms with Crippen molar-refractivity contribution in [1.29, 1.82) is 0 Å². The van der Waals surface area contributed by atoms with E-state index >= 15 is 0 Å². The highest BCUT2D eigenvalue weighted by molar-refractivity contribution is 6.42. The predicted octanol–water partition coefficient (Wildman–Crippen LogP) is 3.30. The summed E-state index contributed by atoms with van der Waals surface area (Å²) in [5.74, 6) is -0.325. The molecule has 0 amide bonds. The molecule has 0 saturated carbocycles. The van der Waals surface area contributed by atoms with Gasteiger partial charge in [0, 0.05) is 19.2 Å². The van der Waals surface area contributed by atoms with Crippen molar-refractivity contribution in [2.75, 3.05) is 25.1 Å². The van der Waals surface area contributed by atoms with Gasteiger partial charge in [-0.15, -0.1) is 0 Å². The van der Waals surface area contributed by atoms with Crippen LogP contribution in [0.2, 0.25) is 10.0 Å². The highest BCUT2D eigenvalue weighted by Gasteiger charge is 2.26. The highest BCUT2D eigenvalue weighted by atomic mass is 35.5. The quantitative estimate of drug-likeness (QED) is 0.931. The maximum absolute atomic E-state index is 10.9. The fraction of sp³-hybridized carbons (Fsp3) is 0.462. The van der Waals surface area contributed by atoms with Crippen LogP contribution in [0, 0.1) is 5.92 Å². The molecule has 2 rings (SSSR count). The van der Waals surface area contributed by atoms with Crippen LogP contribution in [0.4, 0.5) is 5.69 Å². The predicted molar refractivity (Wildman–Crippen MR) is 75.6 cm³/mol. The zero-order valence-corrected chi connectivity index (χ0v) is 12.0. The molecule has 1 heterocycles. The van der Waals surface area contributed by atoms with E-state index in [0.717, 1.165) is 5.69 Å². The molecule has 0 atom stereocenters. The summed E-state index contributed by atoms with van der Waals surface area (Å²) < 4.78 is 5.31. The van der Waals surface area contributed by atoms with E-state index in [1.54, 1.807) is 19.2 Å². The molecule has 1 fully saturated rings. The van der Waals surface area contributed by atoms with Gasteiger partial charge in [-0.2, -0.15) is 0 Å². The van der Waals surface area contributed by atoms with E-state index in [9.17, 15) is 4.79 Å². The van der Waals surface area contributed by atoms with Crippen LogP contribution in [0.1, 0.15) is 12.8 Å². The summed E-state index contributed by atoms with van der Waals surface area (Å²) >= 11 is 12.0. The number of anilines is 1. The van der Waals surface area contributed by atoms with Crippen LogP contribution >= 0.6 is 23.2 Å². The molecule has 0 radical (unpaired) electrons. The summed E-state index contributed by atoms with van der Waals surface area (Å²) in [6.45, 7) is 1.34. The van der Waals surface area contributed by atoms with Gasteiger partial charge in [-0.05, 0) is 18.9 Å². The first-order valence-corrected chi connectivity index (χ1v) is 6.79. The maximum Gasteiger partial charge on any atom is 0.306 e. The first kappa shape index (κ1) is 14.3. The number of aliphatic carboxylic acids is 1. The average Bonchev–Trinajstić information content (AvgIpc) is 2.41. The molecule has 0 aromatic heterocycles. The monoisotopic (exact) mass is 303 g/mol. The van der Waals surface area contributed by atoms with Gasteiger partial charge in [-0.3, -0.25) is 4.79 Å². The van der Waals surface area contributed by atoms with E-state index in [4.69, 9.17) is 33.0 Å². The summed E-state index contributed by atoms with van der Waals surface area (Å²) in [6, 6.07) is 3.45. The first-order valence-electron chi connectivity index (χ1n) is 6.03. The second-order valence-electron chi connectivity index (χ2n) is 4.54. The van der Waals surface area contributed by atoms with Crippen molar-refractivity contribution in [2.24, 2.45) is 5.92 Å². The van der Waals surface area contributed by atoms with Crippen LogP contribution in [-0.2, 0) is 4.79 Å². The molecule has 0 unspecified atom stereocenters. The SMILES string of the molecule is COc1cc(Cl)c(Cl)cc1N1CCC(C(=O)O)CC1. The standard InChI is InChI=1S/C13H15Cl2NO3/c1-19-12-7-10(15)9(14)6-11(12)16-4-2-8(3-5-16)13(17)18/h6-8H,2-5H2,1H3,(H,17,18). The Morgan fingerprint density at radius 1 is 1.32 bits per heavy atom. The normalized spacial score (nSPS) is 16.5. The summed E-state index contributed by atoms with van der Waals surface area (Å²) in [5.41, 5.74) is 0.862. The van der Waals surface area contributed by atoms with E-state index in [-0.39, 0.29) is 5.92 Å². The van der Waals surface area contributed by atoms with Gasteiger partial charge in [-0.25, -0.2) is 0 Å². The zero-order valence-electron chi connectivity index (χ0n) is 10.5. The van der Waals surface area contributed by atoms with Gasteiger partial charge in [0.25, 0.3) is 0 Å². The number of methoxy groups -OCH3 is 1.